The van der Waals surface area contributed by atoms with Crippen LogP contribution in [0.1, 0.15) is 61.4 Å². The molecular weight excluding hydrogens is 434 g/mol. The average molecular weight is 472 g/mol. The first kappa shape index (κ1) is 25.7. The molecule has 1 aromatic heterocycles. The van der Waals surface area contributed by atoms with Crippen molar-refractivity contribution in [1.82, 2.24) is 14.9 Å². The molecular formula is C25H37N5O4. The second-order valence-electron chi connectivity index (χ2n) is 8.90. The monoisotopic (exact) mass is 471 g/mol. The fraction of sp³-hybridized carbons (Fsp3) is 0.560. The lowest BCUT2D eigenvalue weighted by atomic mass is 10.0. The van der Waals surface area contributed by atoms with Crippen LogP contribution in [0.3, 0.4) is 0 Å². The summed E-state index contributed by atoms with van der Waals surface area (Å²) < 4.78 is 5.71. The highest BCUT2D eigenvalue weighted by molar-refractivity contribution is 5.73. The second kappa shape index (κ2) is 12.0. The van der Waals surface area contributed by atoms with E-state index in [9.17, 15) is 15.0 Å². The number of rotatable bonds is 12. The van der Waals surface area contributed by atoms with E-state index in [4.69, 9.17) is 10.5 Å². The summed E-state index contributed by atoms with van der Waals surface area (Å²) >= 11 is 0. The zero-order valence-electron chi connectivity index (χ0n) is 20.4. The van der Waals surface area contributed by atoms with Crippen molar-refractivity contribution >= 4 is 17.7 Å². The molecule has 2 unspecified atom stereocenters. The molecule has 9 heteroatoms. The zero-order valence-corrected chi connectivity index (χ0v) is 20.4. The SMILES string of the molecule is CCC(CCCO)Nc1nc(N)nc(C)c1Cc1ccc(CN2CCCC2C(=O)O)cc1OC. The number of aryl methyl sites for hydroxylation is 1. The molecule has 0 saturated carbocycles. The van der Waals surface area contributed by atoms with Gasteiger partial charge in [0.15, 0.2) is 0 Å². The lowest BCUT2D eigenvalue weighted by molar-refractivity contribution is -0.142. The normalized spacial score (nSPS) is 17.0. The summed E-state index contributed by atoms with van der Waals surface area (Å²) in [5.74, 6) is 0.923. The molecule has 3 rings (SSSR count). The topological polar surface area (TPSA) is 134 Å². The maximum atomic E-state index is 11.5. The lowest BCUT2D eigenvalue weighted by Gasteiger charge is -2.22. The average Bonchev–Trinajstić information content (AvgIpc) is 3.27. The number of hydrogen-bond donors (Lipinski definition) is 4. The Morgan fingerprint density at radius 2 is 2.18 bits per heavy atom. The van der Waals surface area contributed by atoms with Gasteiger partial charge in [0.25, 0.3) is 0 Å². The van der Waals surface area contributed by atoms with Crippen LogP contribution < -0.4 is 15.8 Å². The van der Waals surface area contributed by atoms with Crippen LogP contribution in [0.5, 0.6) is 5.75 Å². The van der Waals surface area contributed by atoms with Crippen molar-refractivity contribution in [2.45, 2.75) is 71.0 Å². The van der Waals surface area contributed by atoms with Gasteiger partial charge in [-0.3, -0.25) is 9.69 Å². The van der Waals surface area contributed by atoms with Crippen LogP contribution in [0.25, 0.3) is 0 Å². The first-order valence-corrected chi connectivity index (χ1v) is 12.0. The number of carboxylic acid groups (broad SMARTS) is 1. The number of nitrogens with zero attached hydrogens (tertiary/aromatic N) is 3. The first-order valence-electron chi connectivity index (χ1n) is 12.0. The first-order chi connectivity index (χ1) is 16.4. The van der Waals surface area contributed by atoms with E-state index in [1.807, 2.05) is 30.0 Å². The largest absolute Gasteiger partial charge is 0.496 e. The molecule has 5 N–H and O–H groups in total. The molecule has 0 radical (unpaired) electrons. The number of anilines is 2. The molecule has 1 aliphatic heterocycles. The molecule has 2 heterocycles. The number of carboxylic acids is 1. The van der Waals surface area contributed by atoms with Crippen molar-refractivity contribution in [3.63, 3.8) is 0 Å². The molecule has 1 aliphatic rings. The molecule has 2 aromatic rings. The van der Waals surface area contributed by atoms with E-state index in [0.717, 1.165) is 60.4 Å². The minimum atomic E-state index is -0.760. The molecule has 9 nitrogen and oxygen atoms in total. The van der Waals surface area contributed by atoms with E-state index in [2.05, 4.69) is 22.2 Å². The molecule has 0 aliphatic carbocycles. The minimum absolute atomic E-state index is 0.157. The van der Waals surface area contributed by atoms with Crippen LogP contribution >= 0.6 is 0 Å². The number of aliphatic hydroxyl groups is 1. The fourth-order valence-corrected chi connectivity index (χ4v) is 4.61. The summed E-state index contributed by atoms with van der Waals surface area (Å²) in [5, 5.41) is 22.2. The predicted molar refractivity (Wildman–Crippen MR) is 132 cm³/mol. The number of carbonyl (C=O) groups is 1. The van der Waals surface area contributed by atoms with Crippen LogP contribution in [0.4, 0.5) is 11.8 Å². The second-order valence-corrected chi connectivity index (χ2v) is 8.90. The van der Waals surface area contributed by atoms with Crippen LogP contribution in [0.2, 0.25) is 0 Å². The molecule has 1 aromatic carbocycles. The number of hydrogen-bond acceptors (Lipinski definition) is 8. The third-order valence-corrected chi connectivity index (χ3v) is 6.53. The number of nitrogen functional groups attached to an aromatic ring is 1. The van der Waals surface area contributed by atoms with Crippen molar-refractivity contribution in [2.24, 2.45) is 0 Å². The quantitative estimate of drug-likeness (QED) is 0.368. The van der Waals surface area contributed by atoms with Crippen molar-refractivity contribution in [3.05, 3.63) is 40.6 Å². The number of benzene rings is 1. The Balaban J connectivity index is 1.83. The Morgan fingerprint density at radius 3 is 2.85 bits per heavy atom. The smallest absolute Gasteiger partial charge is 0.320 e. The highest BCUT2D eigenvalue weighted by atomic mass is 16.5. The van der Waals surface area contributed by atoms with Gasteiger partial charge in [0.1, 0.15) is 17.6 Å². The Bertz CT molecular complexity index is 984. The van der Waals surface area contributed by atoms with Crippen molar-refractivity contribution in [1.29, 1.82) is 0 Å². The molecule has 0 amide bonds. The van der Waals surface area contributed by atoms with Gasteiger partial charge < -0.3 is 26.0 Å². The number of methoxy groups -OCH3 is 1. The van der Waals surface area contributed by atoms with E-state index in [1.165, 1.54) is 0 Å². The molecule has 34 heavy (non-hydrogen) atoms. The van der Waals surface area contributed by atoms with Gasteiger partial charge in [-0.1, -0.05) is 19.1 Å². The summed E-state index contributed by atoms with van der Waals surface area (Å²) in [5.41, 5.74) is 9.72. The van der Waals surface area contributed by atoms with E-state index >= 15 is 0 Å². The van der Waals surface area contributed by atoms with Gasteiger partial charge in [0.2, 0.25) is 5.95 Å². The Hall–Kier alpha value is -2.91. The van der Waals surface area contributed by atoms with Crippen molar-refractivity contribution in [3.8, 4) is 5.75 Å². The van der Waals surface area contributed by atoms with E-state index in [1.54, 1.807) is 7.11 Å². The molecule has 0 spiro atoms. The summed E-state index contributed by atoms with van der Waals surface area (Å²) in [6.07, 6.45) is 4.60. The highest BCUT2D eigenvalue weighted by Crippen LogP contribution is 2.29. The number of ether oxygens (including phenoxy) is 1. The number of aromatic nitrogens is 2. The van der Waals surface area contributed by atoms with Crippen LogP contribution in [0.15, 0.2) is 18.2 Å². The van der Waals surface area contributed by atoms with Crippen molar-refractivity contribution in [2.75, 3.05) is 31.3 Å². The van der Waals surface area contributed by atoms with Gasteiger partial charge in [0.05, 0.1) is 7.11 Å². The maximum absolute atomic E-state index is 11.5. The molecule has 1 saturated heterocycles. The van der Waals surface area contributed by atoms with Gasteiger partial charge in [-0.25, -0.2) is 4.98 Å². The van der Waals surface area contributed by atoms with Gasteiger partial charge in [-0.2, -0.15) is 4.98 Å². The third kappa shape index (κ3) is 6.36. The third-order valence-electron chi connectivity index (χ3n) is 6.53. The highest BCUT2D eigenvalue weighted by Gasteiger charge is 2.30. The van der Waals surface area contributed by atoms with Gasteiger partial charge in [-0.05, 0) is 62.8 Å². The zero-order chi connectivity index (χ0) is 24.7. The summed E-state index contributed by atoms with van der Waals surface area (Å²) in [4.78, 5) is 22.4. The number of nitrogens with one attached hydrogen (secondary N) is 1. The Kier molecular flexibility index (Phi) is 9.06. The standard InChI is InChI=1S/C25H37N5O4/c1-4-19(7-6-12-31)28-23-20(16(2)27-25(26)29-23)14-18-10-9-17(13-22(18)34-3)15-30-11-5-8-21(30)24(32)33/h9-10,13,19,21,31H,4-8,11-12,14-15H2,1-3H3,(H,32,33)(H3,26,27,28,29). The molecule has 186 valence electrons. The molecule has 0 bridgehead atoms. The predicted octanol–water partition coefficient (Wildman–Crippen LogP) is 2.98. The van der Waals surface area contributed by atoms with E-state index in [-0.39, 0.29) is 18.6 Å². The van der Waals surface area contributed by atoms with Gasteiger partial charge in [-0.15, -0.1) is 0 Å². The van der Waals surface area contributed by atoms with E-state index < -0.39 is 12.0 Å². The Labute approximate surface area is 201 Å². The summed E-state index contributed by atoms with van der Waals surface area (Å²) in [6, 6.07) is 5.80. The minimum Gasteiger partial charge on any atom is -0.496 e. The lowest BCUT2D eigenvalue weighted by Crippen LogP contribution is -2.35. The molecule has 1 fully saturated rings. The van der Waals surface area contributed by atoms with Crippen molar-refractivity contribution < 1.29 is 19.7 Å². The number of aliphatic carboxylic acids is 1. The Morgan fingerprint density at radius 1 is 1.38 bits per heavy atom. The van der Waals surface area contributed by atoms with Gasteiger partial charge in [0, 0.05) is 36.9 Å². The van der Waals surface area contributed by atoms with Crippen LogP contribution in [-0.2, 0) is 17.8 Å². The summed E-state index contributed by atoms with van der Waals surface area (Å²) in [7, 11) is 1.64. The van der Waals surface area contributed by atoms with E-state index in [0.29, 0.717) is 25.2 Å². The van der Waals surface area contributed by atoms with Gasteiger partial charge >= 0.3 is 5.97 Å². The van der Waals surface area contributed by atoms with Crippen LogP contribution in [0, 0.1) is 6.92 Å². The summed E-state index contributed by atoms with van der Waals surface area (Å²) in [6.45, 7) is 5.54. The number of aliphatic hydroxyl groups excluding tert-OH is 1. The number of nitrogens with two attached hydrogens (primary N) is 1. The number of likely N-dealkylation sites (tertiary alicyclic amines) is 1. The van der Waals surface area contributed by atoms with Crippen LogP contribution in [-0.4, -0.2) is 63.4 Å². The maximum Gasteiger partial charge on any atom is 0.320 e. The fourth-order valence-electron chi connectivity index (χ4n) is 4.61. The molecule has 2 atom stereocenters.